The molecule has 0 aliphatic carbocycles. The second-order valence-corrected chi connectivity index (χ2v) is 3.21. The molecule has 1 heterocycles. The molecule has 4 heteroatoms. The van der Waals surface area contributed by atoms with Crippen LogP contribution in [-0.2, 0) is 4.79 Å². The van der Waals surface area contributed by atoms with E-state index >= 15 is 0 Å². The number of aromatic nitrogens is 1. The highest BCUT2D eigenvalue weighted by Crippen LogP contribution is 2.13. The maximum Gasteiger partial charge on any atom is 0.221 e. The molecule has 1 aromatic rings. The summed E-state index contributed by atoms with van der Waals surface area (Å²) in [6.45, 7) is 0. The molecular formula is C9H9BrN2O. The minimum atomic E-state index is -0.337. The Morgan fingerprint density at radius 3 is 3.08 bits per heavy atom. The van der Waals surface area contributed by atoms with Crippen LogP contribution in [0.15, 0.2) is 29.0 Å². The predicted molar refractivity (Wildman–Crippen MR) is 54.8 cm³/mol. The fourth-order valence-electron chi connectivity index (χ4n) is 0.825. The average molecular weight is 241 g/mol. The summed E-state index contributed by atoms with van der Waals surface area (Å²) < 4.78 is 0.760. The van der Waals surface area contributed by atoms with E-state index in [0.29, 0.717) is 0 Å². The quantitative estimate of drug-likeness (QED) is 0.819. The number of hydrogen-bond donors (Lipinski definition) is 1. The van der Waals surface area contributed by atoms with E-state index in [1.165, 1.54) is 0 Å². The van der Waals surface area contributed by atoms with E-state index < -0.39 is 0 Å². The molecule has 1 rings (SSSR count). The highest BCUT2D eigenvalue weighted by Gasteiger charge is 1.94. The number of nitrogens with zero attached hydrogens (tertiary/aromatic N) is 1. The number of primary amides is 1. The van der Waals surface area contributed by atoms with Gasteiger partial charge in [0.1, 0.15) is 4.60 Å². The summed E-state index contributed by atoms with van der Waals surface area (Å²) in [5.74, 6) is -0.337. The van der Waals surface area contributed by atoms with Crippen molar-refractivity contribution >= 4 is 27.9 Å². The van der Waals surface area contributed by atoms with E-state index in [1.807, 2.05) is 18.2 Å². The van der Waals surface area contributed by atoms with Crippen LogP contribution in [0.25, 0.3) is 6.08 Å². The molecule has 3 nitrogen and oxygen atoms in total. The van der Waals surface area contributed by atoms with Crippen LogP contribution < -0.4 is 5.73 Å². The van der Waals surface area contributed by atoms with Crippen molar-refractivity contribution in [1.29, 1.82) is 0 Å². The summed E-state index contributed by atoms with van der Waals surface area (Å²) in [4.78, 5) is 14.4. The van der Waals surface area contributed by atoms with E-state index in [2.05, 4.69) is 20.9 Å². The molecule has 0 atom stereocenters. The first-order valence-electron chi connectivity index (χ1n) is 3.75. The molecule has 0 aromatic carbocycles. The Kier molecular flexibility index (Phi) is 3.64. The van der Waals surface area contributed by atoms with E-state index in [9.17, 15) is 4.79 Å². The van der Waals surface area contributed by atoms with E-state index in [1.54, 1.807) is 12.3 Å². The number of carbonyl (C=O) groups excluding carboxylic acids is 1. The smallest absolute Gasteiger partial charge is 0.221 e. The Hall–Kier alpha value is -1.16. The third-order valence-electron chi connectivity index (χ3n) is 1.40. The summed E-state index contributed by atoms with van der Waals surface area (Å²) in [7, 11) is 0. The molecule has 0 radical (unpaired) electrons. The Morgan fingerprint density at radius 1 is 1.69 bits per heavy atom. The van der Waals surface area contributed by atoms with Crippen molar-refractivity contribution in [2.45, 2.75) is 6.42 Å². The number of nitrogens with two attached hydrogens (primary N) is 1. The van der Waals surface area contributed by atoms with Crippen LogP contribution in [0.3, 0.4) is 0 Å². The van der Waals surface area contributed by atoms with Gasteiger partial charge >= 0.3 is 0 Å². The fourth-order valence-corrected chi connectivity index (χ4v) is 1.21. The Bertz CT molecular complexity index is 336. The predicted octanol–water partition coefficient (Wildman–Crippen LogP) is 1.73. The van der Waals surface area contributed by atoms with Crippen molar-refractivity contribution in [3.63, 3.8) is 0 Å². The van der Waals surface area contributed by atoms with Crippen LogP contribution in [0, 0.1) is 0 Å². The van der Waals surface area contributed by atoms with Crippen molar-refractivity contribution in [3.05, 3.63) is 34.6 Å². The largest absolute Gasteiger partial charge is 0.369 e. The molecule has 0 saturated heterocycles. The zero-order chi connectivity index (χ0) is 9.68. The maximum absolute atomic E-state index is 10.4. The van der Waals surface area contributed by atoms with Gasteiger partial charge in [0.15, 0.2) is 0 Å². The van der Waals surface area contributed by atoms with Crippen LogP contribution >= 0.6 is 15.9 Å². The number of hydrogen-bond acceptors (Lipinski definition) is 2. The third-order valence-corrected chi connectivity index (χ3v) is 2.07. The highest BCUT2D eigenvalue weighted by molar-refractivity contribution is 9.10. The molecule has 0 fully saturated rings. The van der Waals surface area contributed by atoms with Gasteiger partial charge in [-0.2, -0.15) is 0 Å². The third kappa shape index (κ3) is 3.38. The normalized spacial score (nSPS) is 10.5. The first kappa shape index (κ1) is 9.92. The molecule has 1 amide bonds. The summed E-state index contributed by atoms with van der Waals surface area (Å²) in [6, 6.07) is 3.73. The Labute approximate surface area is 84.8 Å². The molecule has 0 aliphatic rings. The first-order valence-corrected chi connectivity index (χ1v) is 4.55. The van der Waals surface area contributed by atoms with Gasteiger partial charge in [0, 0.05) is 18.2 Å². The van der Waals surface area contributed by atoms with Gasteiger partial charge in [-0.3, -0.25) is 4.79 Å². The lowest BCUT2D eigenvalue weighted by molar-refractivity contribution is -0.117. The molecular weight excluding hydrogens is 232 g/mol. The minimum Gasteiger partial charge on any atom is -0.369 e. The highest BCUT2D eigenvalue weighted by atomic mass is 79.9. The minimum absolute atomic E-state index is 0.251. The van der Waals surface area contributed by atoms with E-state index in [0.717, 1.165) is 10.2 Å². The molecule has 0 aliphatic heterocycles. The molecule has 0 unspecified atom stereocenters. The van der Waals surface area contributed by atoms with E-state index in [-0.39, 0.29) is 12.3 Å². The second-order valence-electron chi connectivity index (χ2n) is 2.46. The van der Waals surface area contributed by atoms with Crippen molar-refractivity contribution in [3.8, 4) is 0 Å². The molecule has 13 heavy (non-hydrogen) atoms. The van der Waals surface area contributed by atoms with Crippen LogP contribution in [0.4, 0.5) is 0 Å². The van der Waals surface area contributed by atoms with Crippen LogP contribution in [0.5, 0.6) is 0 Å². The summed E-state index contributed by atoms with van der Waals surface area (Å²) >= 11 is 3.28. The summed E-state index contributed by atoms with van der Waals surface area (Å²) in [5.41, 5.74) is 5.91. The number of rotatable bonds is 3. The number of halogens is 1. The van der Waals surface area contributed by atoms with Crippen molar-refractivity contribution in [2.24, 2.45) is 5.73 Å². The van der Waals surface area contributed by atoms with Gasteiger partial charge in [-0.05, 0) is 22.0 Å². The van der Waals surface area contributed by atoms with Gasteiger partial charge in [-0.25, -0.2) is 4.98 Å². The van der Waals surface area contributed by atoms with Crippen LogP contribution in [0.2, 0.25) is 0 Å². The van der Waals surface area contributed by atoms with Gasteiger partial charge in [0.2, 0.25) is 5.91 Å². The molecule has 0 spiro atoms. The topological polar surface area (TPSA) is 56.0 Å². The number of amides is 1. The lowest BCUT2D eigenvalue weighted by Gasteiger charge is -1.94. The van der Waals surface area contributed by atoms with Crippen LogP contribution in [-0.4, -0.2) is 10.9 Å². The Balaban J connectivity index is 2.68. The molecule has 68 valence electrons. The first-order chi connectivity index (χ1) is 6.20. The van der Waals surface area contributed by atoms with Gasteiger partial charge < -0.3 is 5.73 Å². The van der Waals surface area contributed by atoms with Gasteiger partial charge in [0.25, 0.3) is 0 Å². The standard InChI is InChI=1S/C9H9BrN2O/c10-9-7(4-2-6-12-9)3-1-5-8(11)13/h1-4,6H,5H2,(H2,11,13). The molecule has 0 saturated carbocycles. The second kappa shape index (κ2) is 4.77. The SMILES string of the molecule is NC(=O)CC=Cc1cccnc1Br. The average Bonchev–Trinajstić information content (AvgIpc) is 2.08. The zero-order valence-corrected chi connectivity index (χ0v) is 8.49. The lowest BCUT2D eigenvalue weighted by atomic mass is 10.2. The Morgan fingerprint density at radius 2 is 2.46 bits per heavy atom. The monoisotopic (exact) mass is 240 g/mol. The van der Waals surface area contributed by atoms with Crippen molar-refractivity contribution in [1.82, 2.24) is 4.98 Å². The summed E-state index contributed by atoms with van der Waals surface area (Å²) in [6.07, 6.45) is 5.46. The van der Waals surface area contributed by atoms with Gasteiger partial charge in [-0.15, -0.1) is 0 Å². The zero-order valence-electron chi connectivity index (χ0n) is 6.90. The number of carbonyl (C=O) groups is 1. The molecule has 0 bridgehead atoms. The van der Waals surface area contributed by atoms with E-state index in [4.69, 9.17) is 5.73 Å². The fraction of sp³-hybridized carbons (Fsp3) is 0.111. The van der Waals surface area contributed by atoms with Crippen molar-refractivity contribution in [2.75, 3.05) is 0 Å². The molecule has 1 aromatic heterocycles. The van der Waals surface area contributed by atoms with Crippen molar-refractivity contribution < 1.29 is 4.79 Å². The number of pyridine rings is 1. The molecule has 2 N–H and O–H groups in total. The van der Waals surface area contributed by atoms with Gasteiger partial charge in [-0.1, -0.05) is 18.2 Å². The summed E-state index contributed by atoms with van der Waals surface area (Å²) in [5, 5.41) is 0. The maximum atomic E-state index is 10.4. The van der Waals surface area contributed by atoms with Gasteiger partial charge in [0.05, 0.1) is 0 Å². The lowest BCUT2D eigenvalue weighted by Crippen LogP contribution is -2.07. The van der Waals surface area contributed by atoms with Crippen LogP contribution in [0.1, 0.15) is 12.0 Å².